The highest BCUT2D eigenvalue weighted by Crippen LogP contribution is 2.30. The smallest absolute Gasteiger partial charge is 0.105 e. The van der Waals surface area contributed by atoms with Crippen LogP contribution in [-0.4, -0.2) is 17.3 Å². The first-order valence-electron chi connectivity index (χ1n) is 6.81. The van der Waals surface area contributed by atoms with E-state index >= 15 is 0 Å². The summed E-state index contributed by atoms with van der Waals surface area (Å²) in [6, 6.07) is 6.75. The second kappa shape index (κ2) is 5.75. The van der Waals surface area contributed by atoms with Gasteiger partial charge in [-0.15, -0.1) is 12.4 Å². The molecule has 0 saturated carbocycles. The largest absolute Gasteiger partial charge is 0.356 e. The summed E-state index contributed by atoms with van der Waals surface area (Å²) in [5, 5.41) is 0. The number of benzene rings is 1. The Morgan fingerprint density at radius 3 is 2.94 bits per heavy atom. The standard InChI is InChI=1S/C15H20N2.ClH/c1-2-12-7-8-14-13(10-12)11-17-9-5-3-4-6-15(17)16-14;/h7-8,10H,2-6,9,11H2,1H3;1H. The van der Waals surface area contributed by atoms with Crippen molar-refractivity contribution in [1.29, 1.82) is 0 Å². The molecule has 1 saturated heterocycles. The lowest BCUT2D eigenvalue weighted by molar-refractivity contribution is 0.403. The average Bonchev–Trinajstić information content (AvgIpc) is 2.60. The Balaban J connectivity index is 0.00000120. The zero-order valence-corrected chi connectivity index (χ0v) is 11.8. The number of amidine groups is 1. The summed E-state index contributed by atoms with van der Waals surface area (Å²) in [7, 11) is 0. The van der Waals surface area contributed by atoms with E-state index in [4.69, 9.17) is 4.99 Å². The molecule has 0 amide bonds. The molecule has 2 nitrogen and oxygen atoms in total. The van der Waals surface area contributed by atoms with E-state index in [0.717, 1.165) is 19.4 Å². The average molecular weight is 265 g/mol. The third-order valence-electron chi connectivity index (χ3n) is 3.86. The fourth-order valence-corrected chi connectivity index (χ4v) is 2.79. The molecule has 1 aromatic rings. The van der Waals surface area contributed by atoms with Gasteiger partial charge in [0, 0.05) is 19.5 Å². The van der Waals surface area contributed by atoms with E-state index < -0.39 is 0 Å². The van der Waals surface area contributed by atoms with Crippen molar-refractivity contribution in [1.82, 2.24) is 4.90 Å². The molecular weight excluding hydrogens is 244 g/mol. The first kappa shape index (κ1) is 13.4. The maximum absolute atomic E-state index is 4.85. The van der Waals surface area contributed by atoms with Crippen molar-refractivity contribution < 1.29 is 0 Å². The molecule has 3 rings (SSSR count). The number of aryl methyl sites for hydroxylation is 1. The van der Waals surface area contributed by atoms with Gasteiger partial charge in [0.25, 0.3) is 0 Å². The van der Waals surface area contributed by atoms with Gasteiger partial charge in [0.1, 0.15) is 5.84 Å². The molecule has 0 spiro atoms. The van der Waals surface area contributed by atoms with Crippen molar-refractivity contribution in [2.75, 3.05) is 6.54 Å². The van der Waals surface area contributed by atoms with Gasteiger partial charge in [-0.1, -0.05) is 25.5 Å². The molecule has 0 unspecified atom stereocenters. The van der Waals surface area contributed by atoms with Crippen LogP contribution in [0.3, 0.4) is 0 Å². The molecule has 0 N–H and O–H groups in total. The van der Waals surface area contributed by atoms with Crippen molar-refractivity contribution in [2.45, 2.75) is 45.6 Å². The van der Waals surface area contributed by atoms with Gasteiger partial charge in [-0.2, -0.15) is 0 Å². The van der Waals surface area contributed by atoms with Crippen molar-refractivity contribution in [2.24, 2.45) is 4.99 Å². The first-order valence-corrected chi connectivity index (χ1v) is 6.81. The van der Waals surface area contributed by atoms with Crippen LogP contribution in [0.2, 0.25) is 0 Å². The quantitative estimate of drug-likeness (QED) is 0.746. The van der Waals surface area contributed by atoms with Crippen molar-refractivity contribution >= 4 is 23.9 Å². The van der Waals surface area contributed by atoms with E-state index in [1.54, 1.807) is 0 Å². The number of nitrogens with zero attached hydrogens (tertiary/aromatic N) is 2. The molecule has 1 fully saturated rings. The molecule has 0 aromatic heterocycles. The monoisotopic (exact) mass is 264 g/mol. The van der Waals surface area contributed by atoms with Gasteiger partial charge in [-0.25, -0.2) is 4.99 Å². The maximum atomic E-state index is 4.85. The highest BCUT2D eigenvalue weighted by molar-refractivity contribution is 5.87. The molecule has 2 heterocycles. The topological polar surface area (TPSA) is 15.6 Å². The van der Waals surface area contributed by atoms with Crippen LogP contribution in [0.1, 0.15) is 43.7 Å². The number of fused-ring (bicyclic) bond motifs is 2. The zero-order valence-electron chi connectivity index (χ0n) is 11.0. The second-order valence-electron chi connectivity index (χ2n) is 5.08. The van der Waals surface area contributed by atoms with Gasteiger partial charge in [0.2, 0.25) is 0 Å². The number of halogens is 1. The van der Waals surface area contributed by atoms with E-state index in [1.165, 1.54) is 48.5 Å². The molecule has 3 heteroatoms. The summed E-state index contributed by atoms with van der Waals surface area (Å²) in [6.07, 6.45) is 6.25. The van der Waals surface area contributed by atoms with E-state index in [1.807, 2.05) is 0 Å². The van der Waals surface area contributed by atoms with Crippen LogP contribution < -0.4 is 0 Å². The van der Waals surface area contributed by atoms with Gasteiger partial charge in [0.05, 0.1) is 5.69 Å². The molecule has 0 atom stereocenters. The zero-order chi connectivity index (χ0) is 11.7. The van der Waals surface area contributed by atoms with E-state index in [0.29, 0.717) is 0 Å². The molecule has 0 aliphatic carbocycles. The Morgan fingerprint density at radius 2 is 2.11 bits per heavy atom. The lowest BCUT2D eigenvalue weighted by Crippen LogP contribution is -2.32. The minimum Gasteiger partial charge on any atom is -0.356 e. The highest BCUT2D eigenvalue weighted by Gasteiger charge is 2.21. The molecule has 1 aromatic carbocycles. The Bertz CT molecular complexity index is 454. The lowest BCUT2D eigenvalue weighted by Gasteiger charge is -2.29. The minimum atomic E-state index is 0. The number of rotatable bonds is 1. The van der Waals surface area contributed by atoms with Crippen LogP contribution in [0.25, 0.3) is 0 Å². The molecule has 18 heavy (non-hydrogen) atoms. The van der Waals surface area contributed by atoms with Crippen LogP contribution in [0.4, 0.5) is 5.69 Å². The fraction of sp³-hybridized carbons (Fsp3) is 0.533. The molecule has 2 aliphatic heterocycles. The SMILES string of the molecule is CCc1ccc2c(c1)CN1CCCCCC1=N2.Cl. The van der Waals surface area contributed by atoms with E-state index in [-0.39, 0.29) is 12.4 Å². The summed E-state index contributed by atoms with van der Waals surface area (Å²) in [4.78, 5) is 7.33. The number of hydrogen-bond donors (Lipinski definition) is 0. The lowest BCUT2D eigenvalue weighted by atomic mass is 10.0. The van der Waals surface area contributed by atoms with Gasteiger partial charge in [-0.3, -0.25) is 0 Å². The predicted molar refractivity (Wildman–Crippen MR) is 79.0 cm³/mol. The van der Waals surface area contributed by atoms with Crippen molar-refractivity contribution in [3.8, 4) is 0 Å². The second-order valence-corrected chi connectivity index (χ2v) is 5.08. The normalized spacial score (nSPS) is 18.1. The third-order valence-corrected chi connectivity index (χ3v) is 3.86. The van der Waals surface area contributed by atoms with Crippen LogP contribution in [0.15, 0.2) is 23.2 Å². The summed E-state index contributed by atoms with van der Waals surface area (Å²) >= 11 is 0. The van der Waals surface area contributed by atoms with Crippen molar-refractivity contribution in [3.05, 3.63) is 29.3 Å². The van der Waals surface area contributed by atoms with Crippen LogP contribution >= 0.6 is 12.4 Å². The predicted octanol–water partition coefficient (Wildman–Crippen LogP) is 4.09. The number of hydrogen-bond acceptors (Lipinski definition) is 2. The Labute approximate surface area is 116 Å². The van der Waals surface area contributed by atoms with Gasteiger partial charge in [-0.05, 0) is 36.5 Å². The minimum absolute atomic E-state index is 0. The maximum Gasteiger partial charge on any atom is 0.105 e. The van der Waals surface area contributed by atoms with Crippen molar-refractivity contribution in [3.63, 3.8) is 0 Å². The van der Waals surface area contributed by atoms with Crippen LogP contribution in [0, 0.1) is 0 Å². The Hall–Kier alpha value is -1.02. The third kappa shape index (κ3) is 2.54. The summed E-state index contributed by atoms with van der Waals surface area (Å²) < 4.78 is 0. The van der Waals surface area contributed by atoms with Gasteiger partial charge in [0.15, 0.2) is 0 Å². The summed E-state index contributed by atoms with van der Waals surface area (Å²) in [5.74, 6) is 1.32. The molecule has 0 bridgehead atoms. The van der Waals surface area contributed by atoms with Gasteiger partial charge >= 0.3 is 0 Å². The Morgan fingerprint density at radius 1 is 1.22 bits per heavy atom. The number of aliphatic imine (C=N–C) groups is 1. The van der Waals surface area contributed by atoms with E-state index in [9.17, 15) is 0 Å². The van der Waals surface area contributed by atoms with Crippen LogP contribution in [-0.2, 0) is 13.0 Å². The molecule has 0 radical (unpaired) electrons. The van der Waals surface area contributed by atoms with E-state index in [2.05, 4.69) is 30.0 Å². The molecule has 2 aliphatic rings. The Kier molecular flexibility index (Phi) is 4.28. The highest BCUT2D eigenvalue weighted by atomic mass is 35.5. The van der Waals surface area contributed by atoms with Crippen LogP contribution in [0.5, 0.6) is 0 Å². The summed E-state index contributed by atoms with van der Waals surface area (Å²) in [6.45, 7) is 4.47. The van der Waals surface area contributed by atoms with Gasteiger partial charge < -0.3 is 4.90 Å². The summed E-state index contributed by atoms with van der Waals surface area (Å²) in [5.41, 5.74) is 4.04. The fourth-order valence-electron chi connectivity index (χ4n) is 2.79. The molecular formula is C15H21ClN2. The first-order chi connectivity index (χ1) is 8.36. The molecule has 98 valence electrons.